The van der Waals surface area contributed by atoms with Gasteiger partial charge in [0, 0.05) is 0 Å². The third kappa shape index (κ3) is 1.50. The van der Waals surface area contributed by atoms with Gasteiger partial charge in [0.15, 0.2) is 0 Å². The molecule has 1 aliphatic carbocycles. The molecule has 0 heterocycles. The van der Waals surface area contributed by atoms with Crippen LogP contribution >= 0.6 is 0 Å². The lowest BCUT2D eigenvalue weighted by atomic mass is 10.0. The number of rotatable bonds is 3. The summed E-state index contributed by atoms with van der Waals surface area (Å²) in [6, 6.07) is 0. The van der Waals surface area contributed by atoms with Gasteiger partial charge in [-0.3, -0.25) is 0 Å². The Balaban J connectivity index is 2.01. The summed E-state index contributed by atoms with van der Waals surface area (Å²) in [4.78, 5) is 0. The summed E-state index contributed by atoms with van der Waals surface area (Å²) >= 11 is 0. The van der Waals surface area contributed by atoms with Gasteiger partial charge in [-0.2, -0.15) is 0 Å². The second-order valence-corrected chi connectivity index (χ2v) is 3.27. The Morgan fingerprint density at radius 1 is 1.50 bits per heavy atom. The Kier molecular flexibility index (Phi) is 1.59. The third-order valence-corrected chi connectivity index (χ3v) is 2.13. The first-order valence-corrected chi connectivity index (χ1v) is 3.56. The molecule has 1 fully saturated rings. The Morgan fingerprint density at radius 2 is 2.12 bits per heavy atom. The first-order valence-electron chi connectivity index (χ1n) is 3.56. The topological polar surface area (TPSA) is 0 Å². The summed E-state index contributed by atoms with van der Waals surface area (Å²) < 4.78 is 0. The van der Waals surface area contributed by atoms with Crippen molar-refractivity contribution in [1.82, 2.24) is 0 Å². The molecule has 0 saturated heterocycles. The Hall–Kier alpha value is 0. The van der Waals surface area contributed by atoms with Gasteiger partial charge < -0.3 is 0 Å². The summed E-state index contributed by atoms with van der Waals surface area (Å²) in [5.41, 5.74) is 0.762. The highest BCUT2D eigenvalue weighted by atomic mass is 14.4. The molecule has 8 heavy (non-hydrogen) atoms. The molecule has 0 spiro atoms. The minimum absolute atomic E-state index is 0.762. The molecule has 0 aromatic rings. The van der Waals surface area contributed by atoms with Crippen molar-refractivity contribution in [3.8, 4) is 0 Å². The van der Waals surface area contributed by atoms with Crippen molar-refractivity contribution in [3.05, 3.63) is 6.92 Å². The minimum Gasteiger partial charge on any atom is -0.0596 e. The molecule has 1 saturated carbocycles. The van der Waals surface area contributed by atoms with Crippen LogP contribution in [0.4, 0.5) is 0 Å². The molecule has 0 aromatic carbocycles. The van der Waals surface area contributed by atoms with Gasteiger partial charge in [-0.15, -0.1) is 0 Å². The number of hydrogen-bond donors (Lipinski definition) is 0. The van der Waals surface area contributed by atoms with Gasteiger partial charge in [0.1, 0.15) is 0 Å². The SMILES string of the molecule is [CH2]CCCC1(C)CC1. The highest BCUT2D eigenvalue weighted by Gasteiger charge is 2.35. The van der Waals surface area contributed by atoms with E-state index in [9.17, 15) is 0 Å². The van der Waals surface area contributed by atoms with Crippen LogP contribution in [0.15, 0.2) is 0 Å². The minimum atomic E-state index is 0.762. The molecule has 47 valence electrons. The first-order chi connectivity index (χ1) is 3.77. The van der Waals surface area contributed by atoms with Crippen LogP contribution in [-0.4, -0.2) is 0 Å². The second-order valence-electron chi connectivity index (χ2n) is 3.27. The predicted octanol–water partition coefficient (Wildman–Crippen LogP) is 2.79. The standard InChI is InChI=1S/C8H15/c1-3-4-5-8(2)6-7-8/h1,3-7H2,2H3. The largest absolute Gasteiger partial charge is 0.0596 e. The molecular formula is C8H15. The van der Waals surface area contributed by atoms with Crippen LogP contribution in [0.5, 0.6) is 0 Å². The van der Waals surface area contributed by atoms with Crippen LogP contribution in [0.3, 0.4) is 0 Å². The molecule has 0 aliphatic heterocycles. The van der Waals surface area contributed by atoms with E-state index in [-0.39, 0.29) is 0 Å². The lowest BCUT2D eigenvalue weighted by Gasteiger charge is -2.03. The fourth-order valence-electron chi connectivity index (χ4n) is 1.02. The molecule has 0 atom stereocenters. The zero-order chi connectivity index (χ0) is 6.04. The summed E-state index contributed by atoms with van der Waals surface area (Å²) in [5, 5.41) is 0. The Labute approximate surface area is 52.3 Å². The first kappa shape index (κ1) is 6.12. The van der Waals surface area contributed by atoms with Crippen LogP contribution in [0, 0.1) is 12.3 Å². The van der Waals surface area contributed by atoms with E-state index >= 15 is 0 Å². The summed E-state index contributed by atoms with van der Waals surface area (Å²) in [6.45, 7) is 6.19. The van der Waals surface area contributed by atoms with Crippen molar-refractivity contribution in [3.63, 3.8) is 0 Å². The maximum Gasteiger partial charge on any atom is -0.0325 e. The average molecular weight is 111 g/mol. The molecule has 1 radical (unpaired) electrons. The normalized spacial score (nSPS) is 23.2. The van der Waals surface area contributed by atoms with Crippen molar-refractivity contribution >= 4 is 0 Å². The van der Waals surface area contributed by atoms with E-state index in [2.05, 4.69) is 13.8 Å². The summed E-state index contributed by atoms with van der Waals surface area (Å²) in [5.74, 6) is 0. The van der Waals surface area contributed by atoms with Gasteiger partial charge in [0.25, 0.3) is 0 Å². The molecule has 0 unspecified atom stereocenters. The van der Waals surface area contributed by atoms with E-state index in [1.807, 2.05) is 0 Å². The van der Waals surface area contributed by atoms with Crippen molar-refractivity contribution in [1.29, 1.82) is 0 Å². The average Bonchev–Trinajstić information content (AvgIpc) is 2.45. The molecule has 0 amide bonds. The molecule has 0 heteroatoms. The van der Waals surface area contributed by atoms with Crippen molar-refractivity contribution < 1.29 is 0 Å². The number of unbranched alkanes of at least 4 members (excludes halogenated alkanes) is 1. The predicted molar refractivity (Wildman–Crippen MR) is 36.5 cm³/mol. The fraction of sp³-hybridized carbons (Fsp3) is 0.875. The van der Waals surface area contributed by atoms with Gasteiger partial charge in [-0.25, -0.2) is 0 Å². The van der Waals surface area contributed by atoms with Crippen molar-refractivity contribution in [2.24, 2.45) is 5.41 Å². The summed E-state index contributed by atoms with van der Waals surface area (Å²) in [6.07, 6.45) is 6.79. The Morgan fingerprint density at radius 3 is 2.50 bits per heavy atom. The van der Waals surface area contributed by atoms with E-state index < -0.39 is 0 Å². The molecule has 0 aromatic heterocycles. The molecule has 1 aliphatic rings. The molecule has 0 bridgehead atoms. The lowest BCUT2D eigenvalue weighted by Crippen LogP contribution is -1.90. The monoisotopic (exact) mass is 111 g/mol. The van der Waals surface area contributed by atoms with Gasteiger partial charge in [0.05, 0.1) is 0 Å². The smallest absolute Gasteiger partial charge is 0.0325 e. The van der Waals surface area contributed by atoms with Crippen molar-refractivity contribution in [2.75, 3.05) is 0 Å². The number of hydrogen-bond acceptors (Lipinski definition) is 0. The molecular weight excluding hydrogens is 96.1 g/mol. The van der Waals surface area contributed by atoms with Crippen molar-refractivity contribution in [2.45, 2.75) is 39.0 Å². The van der Waals surface area contributed by atoms with E-state index in [1.54, 1.807) is 0 Å². The van der Waals surface area contributed by atoms with Gasteiger partial charge >= 0.3 is 0 Å². The highest BCUT2D eigenvalue weighted by molar-refractivity contribution is 4.87. The van der Waals surface area contributed by atoms with Crippen LogP contribution in [0.1, 0.15) is 39.0 Å². The zero-order valence-electron chi connectivity index (χ0n) is 5.74. The van der Waals surface area contributed by atoms with Gasteiger partial charge in [-0.1, -0.05) is 26.7 Å². The molecule has 0 nitrogen and oxygen atoms in total. The summed E-state index contributed by atoms with van der Waals surface area (Å²) in [7, 11) is 0. The van der Waals surface area contributed by atoms with E-state index in [4.69, 9.17) is 0 Å². The van der Waals surface area contributed by atoms with Crippen LogP contribution in [0.25, 0.3) is 0 Å². The second kappa shape index (κ2) is 2.08. The fourth-order valence-corrected chi connectivity index (χ4v) is 1.02. The lowest BCUT2D eigenvalue weighted by molar-refractivity contribution is 0.497. The van der Waals surface area contributed by atoms with Crippen LogP contribution < -0.4 is 0 Å². The van der Waals surface area contributed by atoms with Crippen LogP contribution in [0.2, 0.25) is 0 Å². The maximum atomic E-state index is 3.82. The van der Waals surface area contributed by atoms with Gasteiger partial charge in [0.2, 0.25) is 0 Å². The van der Waals surface area contributed by atoms with Crippen LogP contribution in [-0.2, 0) is 0 Å². The Bertz CT molecular complexity index is 70.1. The van der Waals surface area contributed by atoms with Gasteiger partial charge in [-0.05, 0) is 24.7 Å². The highest BCUT2D eigenvalue weighted by Crippen LogP contribution is 2.48. The van der Waals surface area contributed by atoms with E-state index in [0.717, 1.165) is 11.8 Å². The molecule has 1 rings (SSSR count). The zero-order valence-corrected chi connectivity index (χ0v) is 5.74. The maximum absolute atomic E-state index is 3.82. The quantitative estimate of drug-likeness (QED) is 0.525. The molecule has 0 N–H and O–H groups in total. The van der Waals surface area contributed by atoms with E-state index in [1.165, 1.54) is 25.7 Å². The third-order valence-electron chi connectivity index (χ3n) is 2.13. The van der Waals surface area contributed by atoms with E-state index in [0.29, 0.717) is 0 Å².